The van der Waals surface area contributed by atoms with Crippen molar-refractivity contribution in [3.05, 3.63) is 34.9 Å². The summed E-state index contributed by atoms with van der Waals surface area (Å²) in [5, 5.41) is 30.7. The maximum absolute atomic E-state index is 12.8. The van der Waals surface area contributed by atoms with Crippen molar-refractivity contribution in [1.82, 2.24) is 0 Å². The molecule has 1 saturated heterocycles. The molecular weight excluding hydrogens is 424 g/mol. The van der Waals surface area contributed by atoms with Crippen LogP contribution in [0.1, 0.15) is 66.7 Å². The highest BCUT2D eigenvalue weighted by molar-refractivity contribution is 6.02. The predicted molar refractivity (Wildman–Crippen MR) is 123 cm³/mol. The topological polar surface area (TPSA) is 117 Å². The largest absolute Gasteiger partial charge is 0.461 e. The number of ketones is 1. The van der Waals surface area contributed by atoms with Gasteiger partial charge >= 0.3 is 5.97 Å². The molecule has 0 bridgehead atoms. The Morgan fingerprint density at radius 1 is 1.39 bits per heavy atom. The van der Waals surface area contributed by atoms with Crippen molar-refractivity contribution in [2.24, 2.45) is 11.3 Å². The summed E-state index contributed by atoms with van der Waals surface area (Å²) in [5.74, 6) is -0.477. The number of allylic oxidation sites excluding steroid dienone is 3. The molecule has 1 heterocycles. The molecule has 0 unspecified atom stereocenters. The normalized spacial score (nSPS) is 35.8. The summed E-state index contributed by atoms with van der Waals surface area (Å²) in [7, 11) is 0. The van der Waals surface area contributed by atoms with Crippen molar-refractivity contribution in [2.45, 2.75) is 96.7 Å². The number of rotatable bonds is 9. The molecule has 3 aliphatic rings. The van der Waals surface area contributed by atoms with Gasteiger partial charge in [0.25, 0.3) is 0 Å². The number of ether oxygens (including phenoxy) is 2. The van der Waals surface area contributed by atoms with Crippen LogP contribution in [0.5, 0.6) is 0 Å². The molecule has 0 aromatic carbocycles. The van der Waals surface area contributed by atoms with E-state index in [2.05, 4.69) is 26.8 Å². The summed E-state index contributed by atoms with van der Waals surface area (Å²) in [6.45, 7) is 9.93. The maximum atomic E-state index is 12.8. The number of fused-ring (bicyclic) bond motifs is 1. The van der Waals surface area contributed by atoms with Gasteiger partial charge in [-0.15, -0.1) is 0 Å². The molecule has 3 rings (SSSR count). The molecule has 7 heteroatoms. The van der Waals surface area contributed by atoms with Crippen LogP contribution in [-0.2, 0) is 19.1 Å². The lowest BCUT2D eigenvalue weighted by atomic mass is 9.65. The zero-order valence-electron chi connectivity index (χ0n) is 20.3. The smallest absolute Gasteiger partial charge is 0.308 e. The van der Waals surface area contributed by atoms with Gasteiger partial charge in [-0.1, -0.05) is 37.1 Å². The SMILES string of the molecule is CC1=CCC[C@@H](C)[C@]1(C)CC/C(C)=C/[C@H](O)[C@]12O[C@H]1[C@H](O)C(COC(=O)C[C@@H](C)O)=CC2=O. The number of carbonyl (C=O) groups excluding carboxylic acids is 2. The summed E-state index contributed by atoms with van der Waals surface area (Å²) in [5.41, 5.74) is 1.25. The molecule has 7 atom stereocenters. The third-order valence-electron chi connectivity index (χ3n) is 7.88. The van der Waals surface area contributed by atoms with Crippen LogP contribution in [-0.4, -0.2) is 63.7 Å². The lowest BCUT2D eigenvalue weighted by Crippen LogP contribution is -2.45. The fourth-order valence-corrected chi connectivity index (χ4v) is 5.08. The Labute approximate surface area is 196 Å². The number of esters is 1. The minimum Gasteiger partial charge on any atom is -0.461 e. The van der Waals surface area contributed by atoms with E-state index in [0.29, 0.717) is 5.92 Å². The first kappa shape index (κ1) is 25.8. The number of epoxide rings is 1. The molecule has 3 N–H and O–H groups in total. The third-order valence-corrected chi connectivity index (χ3v) is 7.88. The zero-order chi connectivity index (χ0) is 24.6. The van der Waals surface area contributed by atoms with Crippen molar-refractivity contribution < 1.29 is 34.4 Å². The molecule has 184 valence electrons. The van der Waals surface area contributed by atoms with Gasteiger partial charge in [0, 0.05) is 5.57 Å². The highest BCUT2D eigenvalue weighted by Gasteiger charge is 2.70. The molecule has 0 aromatic rings. The van der Waals surface area contributed by atoms with E-state index >= 15 is 0 Å². The van der Waals surface area contributed by atoms with Gasteiger partial charge in [-0.25, -0.2) is 0 Å². The van der Waals surface area contributed by atoms with Gasteiger partial charge in [-0.05, 0) is 63.9 Å². The molecular formula is C26H38O7. The average molecular weight is 463 g/mol. The molecule has 0 saturated carbocycles. The number of hydrogen-bond donors (Lipinski definition) is 3. The van der Waals surface area contributed by atoms with Gasteiger partial charge in [0.05, 0.1) is 12.5 Å². The van der Waals surface area contributed by atoms with E-state index in [-0.39, 0.29) is 24.0 Å². The molecule has 1 aliphatic heterocycles. The van der Waals surface area contributed by atoms with E-state index in [1.54, 1.807) is 6.08 Å². The highest BCUT2D eigenvalue weighted by atomic mass is 16.6. The molecule has 7 nitrogen and oxygen atoms in total. The van der Waals surface area contributed by atoms with Crippen molar-refractivity contribution in [1.29, 1.82) is 0 Å². The monoisotopic (exact) mass is 462 g/mol. The van der Waals surface area contributed by atoms with Gasteiger partial charge < -0.3 is 24.8 Å². The molecule has 33 heavy (non-hydrogen) atoms. The number of aliphatic hydroxyl groups is 3. The van der Waals surface area contributed by atoms with Crippen LogP contribution < -0.4 is 0 Å². The second-order valence-corrected chi connectivity index (χ2v) is 10.3. The zero-order valence-corrected chi connectivity index (χ0v) is 20.3. The first-order chi connectivity index (χ1) is 15.4. The van der Waals surface area contributed by atoms with Crippen LogP contribution in [0, 0.1) is 11.3 Å². The van der Waals surface area contributed by atoms with Crippen molar-refractivity contribution in [2.75, 3.05) is 6.61 Å². The van der Waals surface area contributed by atoms with Gasteiger partial charge in [-0.3, -0.25) is 9.59 Å². The molecule has 0 aromatic heterocycles. The fraction of sp³-hybridized carbons (Fsp3) is 0.692. The van der Waals surface area contributed by atoms with E-state index in [1.165, 1.54) is 25.0 Å². The Morgan fingerprint density at radius 2 is 2.09 bits per heavy atom. The molecule has 0 spiro atoms. The number of carbonyl (C=O) groups is 2. The minimum absolute atomic E-state index is 0.120. The Bertz CT molecular complexity index is 870. The molecule has 0 amide bonds. The van der Waals surface area contributed by atoms with Crippen molar-refractivity contribution >= 4 is 11.8 Å². The maximum Gasteiger partial charge on any atom is 0.308 e. The van der Waals surface area contributed by atoms with Gasteiger partial charge in [0.2, 0.25) is 0 Å². The van der Waals surface area contributed by atoms with E-state index in [1.807, 2.05) is 6.92 Å². The lowest BCUT2D eigenvalue weighted by molar-refractivity contribution is -0.145. The van der Waals surface area contributed by atoms with E-state index in [4.69, 9.17) is 9.47 Å². The number of hydrogen-bond acceptors (Lipinski definition) is 7. The van der Waals surface area contributed by atoms with E-state index < -0.39 is 41.8 Å². The molecule has 2 aliphatic carbocycles. The Kier molecular flexibility index (Phi) is 7.68. The predicted octanol–water partition coefficient (Wildman–Crippen LogP) is 2.78. The summed E-state index contributed by atoms with van der Waals surface area (Å²) >= 11 is 0. The van der Waals surface area contributed by atoms with E-state index in [0.717, 1.165) is 24.8 Å². The summed E-state index contributed by atoms with van der Waals surface area (Å²) < 4.78 is 10.6. The van der Waals surface area contributed by atoms with Crippen LogP contribution in [0.25, 0.3) is 0 Å². The first-order valence-corrected chi connectivity index (χ1v) is 11.9. The second kappa shape index (κ2) is 9.82. The van der Waals surface area contributed by atoms with Crippen LogP contribution in [0.4, 0.5) is 0 Å². The average Bonchev–Trinajstić information content (AvgIpc) is 3.50. The lowest BCUT2D eigenvalue weighted by Gasteiger charge is -2.40. The van der Waals surface area contributed by atoms with Gasteiger partial charge in [0.15, 0.2) is 11.4 Å². The minimum atomic E-state index is -1.48. The third kappa shape index (κ3) is 5.16. The molecule has 1 fully saturated rings. The van der Waals surface area contributed by atoms with E-state index in [9.17, 15) is 24.9 Å². The van der Waals surface area contributed by atoms with Crippen molar-refractivity contribution in [3.8, 4) is 0 Å². The van der Waals surface area contributed by atoms with Crippen LogP contribution in [0.15, 0.2) is 34.9 Å². The van der Waals surface area contributed by atoms with Crippen molar-refractivity contribution in [3.63, 3.8) is 0 Å². The number of aliphatic hydroxyl groups excluding tert-OH is 3. The fourth-order valence-electron chi connectivity index (χ4n) is 5.08. The van der Waals surface area contributed by atoms with Gasteiger partial charge in [0.1, 0.15) is 24.9 Å². The standard InChI is InChI=1S/C26H38O7/c1-15(9-10-25(5)16(2)7-6-8-17(25)3)11-20(28)26-21(29)13-19(23(31)24(26)33-26)14-32-22(30)12-18(4)27/h7,11,13,17-18,20,23-24,27-28,31H,6,8-10,12,14H2,1-5H3/b15-11+/t17-,18-,20+,23-,24+,25-,26-/m1/s1. The Hall–Kier alpha value is -1.80. The quantitative estimate of drug-likeness (QED) is 0.274. The van der Waals surface area contributed by atoms with Crippen LogP contribution in [0.2, 0.25) is 0 Å². The van der Waals surface area contributed by atoms with Gasteiger partial charge in [-0.2, -0.15) is 0 Å². The summed E-state index contributed by atoms with van der Waals surface area (Å²) in [6.07, 6.45) is 5.04. The second-order valence-electron chi connectivity index (χ2n) is 10.3. The Morgan fingerprint density at radius 3 is 2.73 bits per heavy atom. The summed E-state index contributed by atoms with van der Waals surface area (Å²) in [4.78, 5) is 24.5. The molecule has 0 radical (unpaired) electrons. The summed E-state index contributed by atoms with van der Waals surface area (Å²) in [6, 6.07) is 0. The van der Waals surface area contributed by atoms with Crippen LogP contribution in [0.3, 0.4) is 0 Å². The first-order valence-electron chi connectivity index (χ1n) is 11.9. The Balaban J connectivity index is 1.63. The highest BCUT2D eigenvalue weighted by Crippen LogP contribution is 2.49. The van der Waals surface area contributed by atoms with Crippen LogP contribution >= 0.6 is 0 Å².